The van der Waals surface area contributed by atoms with E-state index < -0.39 is 5.60 Å². The molecule has 0 amide bonds. The highest BCUT2D eigenvalue weighted by Gasteiger charge is 2.23. The van der Waals surface area contributed by atoms with Crippen LogP contribution in [0.1, 0.15) is 13.8 Å². The van der Waals surface area contributed by atoms with E-state index in [1.807, 2.05) is 44.9 Å². The van der Waals surface area contributed by atoms with Crippen molar-refractivity contribution in [2.45, 2.75) is 19.4 Å². The van der Waals surface area contributed by atoms with Gasteiger partial charge in [-0.25, -0.2) is 0 Å². The van der Waals surface area contributed by atoms with E-state index in [1.165, 1.54) is 0 Å². The normalized spacial score (nSPS) is 34.3. The zero-order chi connectivity index (χ0) is 8.91. The average Bonchev–Trinajstić information content (AvgIpc) is 2.00. The third kappa shape index (κ3) is 2.68. The van der Waals surface area contributed by atoms with Crippen molar-refractivity contribution in [2.24, 2.45) is 5.92 Å². The van der Waals surface area contributed by atoms with Crippen LogP contribution in [0.15, 0.2) is 24.3 Å². The maximum Gasteiger partial charge on any atom is 0.106 e. The molecule has 11 heavy (non-hydrogen) atoms. The Balaban J connectivity index is 0.000000461. The van der Waals surface area contributed by atoms with Crippen LogP contribution >= 0.6 is 0 Å². The molecule has 1 aliphatic rings. The lowest BCUT2D eigenvalue weighted by molar-refractivity contribution is -0.0979. The van der Waals surface area contributed by atoms with Crippen molar-refractivity contribution in [2.75, 3.05) is 0 Å². The minimum Gasteiger partial charge on any atom is -0.385 e. The number of carbonyl (C=O) groups excluding carboxylic acids is 1. The zero-order valence-corrected chi connectivity index (χ0v) is 6.95. The second kappa shape index (κ2) is 4.09. The largest absolute Gasteiger partial charge is 0.385 e. The van der Waals surface area contributed by atoms with Crippen molar-refractivity contribution >= 4 is 6.79 Å². The maximum absolute atomic E-state index is 9.50. The number of allylic oxidation sites excluding steroid dienone is 2. The molecule has 0 heterocycles. The van der Waals surface area contributed by atoms with Gasteiger partial charge in [-0.2, -0.15) is 0 Å². The molecule has 1 rings (SSSR count). The predicted octanol–water partition coefficient (Wildman–Crippen LogP) is 1.31. The summed E-state index contributed by atoms with van der Waals surface area (Å²) in [6.45, 7) is 5.82. The van der Waals surface area contributed by atoms with E-state index in [4.69, 9.17) is 4.79 Å². The highest BCUT2D eigenvalue weighted by molar-refractivity contribution is 5.19. The van der Waals surface area contributed by atoms with Crippen LogP contribution in [0.5, 0.6) is 0 Å². The van der Waals surface area contributed by atoms with Crippen LogP contribution in [0, 0.1) is 5.92 Å². The summed E-state index contributed by atoms with van der Waals surface area (Å²) in [5.74, 6) is 0.238. The fourth-order valence-electron chi connectivity index (χ4n) is 0.828. The van der Waals surface area contributed by atoms with Crippen LogP contribution in [0.3, 0.4) is 0 Å². The Morgan fingerprint density at radius 2 is 2.00 bits per heavy atom. The van der Waals surface area contributed by atoms with Gasteiger partial charge in [-0.05, 0) is 6.92 Å². The topological polar surface area (TPSA) is 37.3 Å². The summed E-state index contributed by atoms with van der Waals surface area (Å²) in [5.41, 5.74) is -0.630. The molecule has 0 radical (unpaired) electrons. The Bertz CT molecular complexity index is 168. The van der Waals surface area contributed by atoms with Crippen LogP contribution in [-0.4, -0.2) is 17.5 Å². The zero-order valence-electron chi connectivity index (χ0n) is 6.95. The molecule has 0 aliphatic heterocycles. The number of carbonyl (C=O) groups is 1. The van der Waals surface area contributed by atoms with Gasteiger partial charge in [0.15, 0.2) is 0 Å². The van der Waals surface area contributed by atoms with E-state index in [0.29, 0.717) is 0 Å². The third-order valence-electron chi connectivity index (χ3n) is 1.87. The monoisotopic (exact) mass is 154 g/mol. The summed E-state index contributed by atoms with van der Waals surface area (Å²) >= 11 is 0. The molecule has 0 bridgehead atoms. The van der Waals surface area contributed by atoms with E-state index in [2.05, 4.69) is 0 Å². The molecule has 0 aromatic rings. The molecule has 2 nitrogen and oxygen atoms in total. The minimum absolute atomic E-state index is 0.238. The van der Waals surface area contributed by atoms with Crippen LogP contribution in [0.25, 0.3) is 0 Å². The smallest absolute Gasteiger partial charge is 0.106 e. The standard InChI is InChI=1S/C8H12O.CH2O/c1-7-5-3-4-6-8(7,2)9;1-2/h3-7,9H,1-2H3;1H2. The molecule has 62 valence electrons. The molecule has 1 N–H and O–H groups in total. The first-order valence-electron chi connectivity index (χ1n) is 3.50. The van der Waals surface area contributed by atoms with E-state index in [1.54, 1.807) is 0 Å². The molecule has 0 aromatic heterocycles. The fourth-order valence-corrected chi connectivity index (χ4v) is 0.828. The summed E-state index contributed by atoms with van der Waals surface area (Å²) in [6.07, 6.45) is 7.65. The summed E-state index contributed by atoms with van der Waals surface area (Å²) in [7, 11) is 0. The molecule has 0 aromatic carbocycles. The van der Waals surface area contributed by atoms with Gasteiger partial charge < -0.3 is 9.90 Å². The Labute approximate surface area is 67.2 Å². The quantitative estimate of drug-likeness (QED) is 0.571. The first-order chi connectivity index (χ1) is 5.13. The first kappa shape index (κ1) is 10.1. The van der Waals surface area contributed by atoms with Gasteiger partial charge in [0.05, 0.1) is 5.60 Å². The molecular weight excluding hydrogens is 140 g/mol. The third-order valence-corrected chi connectivity index (χ3v) is 1.87. The Morgan fingerprint density at radius 1 is 1.45 bits per heavy atom. The van der Waals surface area contributed by atoms with Crippen molar-refractivity contribution < 1.29 is 9.90 Å². The molecule has 2 unspecified atom stereocenters. The van der Waals surface area contributed by atoms with Crippen molar-refractivity contribution in [3.8, 4) is 0 Å². The number of aliphatic hydroxyl groups is 1. The number of hydrogen-bond acceptors (Lipinski definition) is 2. The number of hydrogen-bond donors (Lipinski definition) is 1. The maximum atomic E-state index is 9.50. The van der Waals surface area contributed by atoms with Crippen LogP contribution in [0.4, 0.5) is 0 Å². The first-order valence-corrected chi connectivity index (χ1v) is 3.50. The molecule has 0 spiro atoms. The lowest BCUT2D eigenvalue weighted by atomic mass is 9.87. The van der Waals surface area contributed by atoms with E-state index >= 15 is 0 Å². The summed E-state index contributed by atoms with van der Waals surface area (Å²) in [5, 5.41) is 9.50. The lowest BCUT2D eigenvalue weighted by Gasteiger charge is -2.26. The van der Waals surface area contributed by atoms with Gasteiger partial charge in [0, 0.05) is 5.92 Å². The Kier molecular flexibility index (Phi) is 3.76. The van der Waals surface area contributed by atoms with Crippen LogP contribution in [0.2, 0.25) is 0 Å². The van der Waals surface area contributed by atoms with Crippen molar-refractivity contribution in [3.05, 3.63) is 24.3 Å². The highest BCUT2D eigenvalue weighted by Crippen LogP contribution is 2.22. The van der Waals surface area contributed by atoms with Gasteiger partial charge in [0.25, 0.3) is 0 Å². The Hall–Kier alpha value is -0.890. The molecule has 0 saturated carbocycles. The highest BCUT2D eigenvalue weighted by atomic mass is 16.3. The van der Waals surface area contributed by atoms with Crippen molar-refractivity contribution in [3.63, 3.8) is 0 Å². The van der Waals surface area contributed by atoms with E-state index in [-0.39, 0.29) is 5.92 Å². The average molecular weight is 154 g/mol. The Morgan fingerprint density at radius 3 is 2.27 bits per heavy atom. The summed E-state index contributed by atoms with van der Waals surface area (Å²) < 4.78 is 0. The van der Waals surface area contributed by atoms with Crippen LogP contribution in [-0.2, 0) is 4.79 Å². The molecule has 2 heteroatoms. The van der Waals surface area contributed by atoms with Gasteiger partial charge in [0.1, 0.15) is 6.79 Å². The number of rotatable bonds is 0. The van der Waals surface area contributed by atoms with Crippen molar-refractivity contribution in [1.29, 1.82) is 0 Å². The van der Waals surface area contributed by atoms with Gasteiger partial charge in [-0.1, -0.05) is 31.2 Å². The molecule has 1 aliphatic carbocycles. The van der Waals surface area contributed by atoms with E-state index in [0.717, 1.165) is 0 Å². The second-order valence-corrected chi connectivity index (χ2v) is 2.76. The van der Waals surface area contributed by atoms with Gasteiger partial charge >= 0.3 is 0 Å². The van der Waals surface area contributed by atoms with Crippen LogP contribution < -0.4 is 0 Å². The summed E-state index contributed by atoms with van der Waals surface area (Å²) in [6, 6.07) is 0. The van der Waals surface area contributed by atoms with Gasteiger partial charge in [0.2, 0.25) is 0 Å². The SMILES string of the molecule is C=O.CC1C=CC=CC1(C)O. The molecule has 0 saturated heterocycles. The van der Waals surface area contributed by atoms with Gasteiger partial charge in [-0.3, -0.25) is 0 Å². The molecular formula is C9H14O2. The molecule has 0 fully saturated rings. The van der Waals surface area contributed by atoms with Gasteiger partial charge in [-0.15, -0.1) is 0 Å². The molecule has 2 atom stereocenters. The van der Waals surface area contributed by atoms with E-state index in [9.17, 15) is 5.11 Å². The predicted molar refractivity (Wildman–Crippen MR) is 45.2 cm³/mol. The summed E-state index contributed by atoms with van der Waals surface area (Å²) in [4.78, 5) is 8.00. The second-order valence-electron chi connectivity index (χ2n) is 2.76. The lowest BCUT2D eigenvalue weighted by Crippen LogP contribution is -2.29. The minimum atomic E-state index is -0.630. The van der Waals surface area contributed by atoms with Crippen molar-refractivity contribution in [1.82, 2.24) is 0 Å². The fraction of sp³-hybridized carbons (Fsp3) is 0.444.